The lowest BCUT2D eigenvalue weighted by Gasteiger charge is -2.31. The number of carbonyl (C=O) groups is 1. The molecule has 0 radical (unpaired) electrons. The Hall–Kier alpha value is -2.36. The maximum atomic E-state index is 13.1. The van der Waals surface area contributed by atoms with Crippen molar-refractivity contribution in [2.75, 3.05) is 49.6 Å². The van der Waals surface area contributed by atoms with Crippen LogP contribution >= 0.6 is 0 Å². The molecule has 2 aliphatic rings. The van der Waals surface area contributed by atoms with Crippen LogP contribution in [0.5, 0.6) is 0 Å². The molecule has 1 aromatic heterocycles. The van der Waals surface area contributed by atoms with E-state index in [0.29, 0.717) is 37.6 Å². The normalized spacial score (nSPS) is 18.6. The zero-order valence-corrected chi connectivity index (χ0v) is 17.0. The van der Waals surface area contributed by atoms with Gasteiger partial charge in [-0.25, -0.2) is 8.42 Å². The van der Waals surface area contributed by atoms with E-state index in [1.807, 2.05) is 0 Å². The number of anilines is 2. The van der Waals surface area contributed by atoms with Gasteiger partial charge in [-0.05, 0) is 43.5 Å². The minimum atomic E-state index is -3.66. The molecule has 0 unspecified atom stereocenters. The third kappa shape index (κ3) is 4.31. The number of piperidine rings is 1. The van der Waals surface area contributed by atoms with Gasteiger partial charge in [0, 0.05) is 26.2 Å². The fraction of sp³-hybridized carbons (Fsp3) is 0.450. The summed E-state index contributed by atoms with van der Waals surface area (Å²) >= 11 is 0. The molecule has 0 aliphatic carbocycles. The highest BCUT2D eigenvalue weighted by Gasteiger charge is 2.28. The van der Waals surface area contributed by atoms with E-state index in [9.17, 15) is 13.2 Å². The molecule has 0 saturated carbocycles. The maximum absolute atomic E-state index is 13.1. The van der Waals surface area contributed by atoms with Gasteiger partial charge in [-0.1, -0.05) is 0 Å². The molecule has 3 heterocycles. The average molecular weight is 420 g/mol. The first-order valence-electron chi connectivity index (χ1n) is 9.86. The second-order valence-corrected chi connectivity index (χ2v) is 9.15. The Balaban J connectivity index is 1.68. The van der Waals surface area contributed by atoms with Gasteiger partial charge in [0.2, 0.25) is 10.0 Å². The number of morpholine rings is 1. The van der Waals surface area contributed by atoms with E-state index in [0.717, 1.165) is 31.6 Å². The van der Waals surface area contributed by atoms with E-state index in [1.165, 1.54) is 23.3 Å². The number of sulfonamides is 1. The first-order valence-corrected chi connectivity index (χ1v) is 11.3. The summed E-state index contributed by atoms with van der Waals surface area (Å²) in [7, 11) is -3.66. The van der Waals surface area contributed by atoms with Crippen molar-refractivity contribution in [3.05, 3.63) is 42.4 Å². The number of hydrogen-bond acceptors (Lipinski definition) is 6. The van der Waals surface area contributed by atoms with Gasteiger partial charge in [0.15, 0.2) is 0 Å². The minimum absolute atomic E-state index is 0.169. The monoisotopic (exact) mass is 419 g/mol. The van der Waals surface area contributed by atoms with Gasteiger partial charge in [-0.15, -0.1) is 0 Å². The Morgan fingerprint density at radius 2 is 1.76 bits per heavy atom. The largest absolute Gasteiger partial charge is 0.472 e. The van der Waals surface area contributed by atoms with Crippen LogP contribution in [0.25, 0.3) is 0 Å². The summed E-state index contributed by atoms with van der Waals surface area (Å²) in [6, 6.07) is 6.56. The van der Waals surface area contributed by atoms with Crippen molar-refractivity contribution in [1.82, 2.24) is 4.31 Å². The van der Waals surface area contributed by atoms with Crippen molar-refractivity contribution in [3.8, 4) is 0 Å². The molecule has 2 fully saturated rings. The number of carbonyl (C=O) groups excluding carboxylic acids is 1. The summed E-state index contributed by atoms with van der Waals surface area (Å²) in [5, 5.41) is 2.88. The summed E-state index contributed by atoms with van der Waals surface area (Å²) in [4.78, 5) is 15.0. The second-order valence-electron chi connectivity index (χ2n) is 7.21. The Kier molecular flexibility index (Phi) is 5.89. The van der Waals surface area contributed by atoms with Crippen LogP contribution in [0.15, 0.2) is 46.1 Å². The molecule has 156 valence electrons. The lowest BCUT2D eigenvalue weighted by atomic mass is 10.1. The van der Waals surface area contributed by atoms with Crippen LogP contribution in [0, 0.1) is 0 Å². The number of hydrogen-bond donors (Lipinski definition) is 1. The van der Waals surface area contributed by atoms with Gasteiger partial charge in [-0.2, -0.15) is 4.31 Å². The quantitative estimate of drug-likeness (QED) is 0.801. The van der Waals surface area contributed by atoms with Crippen LogP contribution in [-0.4, -0.2) is 58.0 Å². The van der Waals surface area contributed by atoms with Crippen LogP contribution < -0.4 is 10.2 Å². The Bertz CT molecular complexity index is 947. The summed E-state index contributed by atoms with van der Waals surface area (Å²) in [6.07, 6.45) is 6.12. The molecular weight excluding hydrogens is 394 g/mol. The zero-order chi connectivity index (χ0) is 20.3. The van der Waals surface area contributed by atoms with Gasteiger partial charge < -0.3 is 19.4 Å². The second kappa shape index (κ2) is 8.56. The first kappa shape index (κ1) is 19.9. The molecule has 4 rings (SSSR count). The fourth-order valence-corrected chi connectivity index (χ4v) is 5.15. The van der Waals surface area contributed by atoms with Crippen LogP contribution in [-0.2, 0) is 14.8 Å². The SMILES string of the molecule is O=C(Nc1cc(S(=O)(=O)N2CCOCC2)ccc1N1CCCCC1)c1ccoc1. The predicted octanol–water partition coefficient (Wildman–Crippen LogP) is 2.54. The van der Waals surface area contributed by atoms with Gasteiger partial charge in [0.05, 0.1) is 41.3 Å². The van der Waals surface area contributed by atoms with Crippen LogP contribution in [0.2, 0.25) is 0 Å². The number of amides is 1. The number of nitrogens with one attached hydrogen (secondary N) is 1. The Morgan fingerprint density at radius 1 is 1.00 bits per heavy atom. The lowest BCUT2D eigenvalue weighted by molar-refractivity contribution is 0.0730. The molecule has 9 heteroatoms. The predicted molar refractivity (Wildman–Crippen MR) is 109 cm³/mol. The van der Waals surface area contributed by atoms with Crippen molar-refractivity contribution < 1.29 is 22.4 Å². The van der Waals surface area contributed by atoms with E-state index >= 15 is 0 Å². The van der Waals surface area contributed by atoms with E-state index in [4.69, 9.17) is 9.15 Å². The molecule has 1 amide bonds. The lowest BCUT2D eigenvalue weighted by Crippen LogP contribution is -2.40. The van der Waals surface area contributed by atoms with Crippen LogP contribution in [0.1, 0.15) is 29.6 Å². The third-order valence-electron chi connectivity index (χ3n) is 5.30. The zero-order valence-electron chi connectivity index (χ0n) is 16.2. The van der Waals surface area contributed by atoms with Gasteiger partial charge in [0.1, 0.15) is 6.26 Å². The molecule has 0 spiro atoms. The van der Waals surface area contributed by atoms with E-state index in [1.54, 1.807) is 24.3 Å². The summed E-state index contributed by atoms with van der Waals surface area (Å²) < 4.78 is 37.8. The van der Waals surface area contributed by atoms with Crippen molar-refractivity contribution in [3.63, 3.8) is 0 Å². The highest BCUT2D eigenvalue weighted by atomic mass is 32.2. The van der Waals surface area contributed by atoms with Crippen molar-refractivity contribution in [1.29, 1.82) is 0 Å². The summed E-state index contributed by atoms with van der Waals surface area (Å²) in [5.74, 6) is -0.335. The molecule has 2 aromatic rings. The molecule has 1 N–H and O–H groups in total. The van der Waals surface area contributed by atoms with E-state index in [-0.39, 0.29) is 10.8 Å². The topological polar surface area (TPSA) is 92.1 Å². The van der Waals surface area contributed by atoms with Gasteiger partial charge in [0.25, 0.3) is 5.91 Å². The highest BCUT2D eigenvalue weighted by Crippen LogP contribution is 2.32. The number of rotatable bonds is 5. The van der Waals surface area contributed by atoms with Gasteiger partial charge in [-0.3, -0.25) is 4.79 Å². The summed E-state index contributed by atoms with van der Waals surface area (Å²) in [5.41, 5.74) is 1.71. The molecule has 8 nitrogen and oxygen atoms in total. The molecule has 1 aromatic carbocycles. The summed E-state index contributed by atoms with van der Waals surface area (Å²) in [6.45, 7) is 3.18. The Morgan fingerprint density at radius 3 is 2.45 bits per heavy atom. The minimum Gasteiger partial charge on any atom is -0.472 e. The number of ether oxygens (including phenoxy) is 1. The highest BCUT2D eigenvalue weighted by molar-refractivity contribution is 7.89. The molecule has 0 atom stereocenters. The Labute approximate surface area is 170 Å². The first-order chi connectivity index (χ1) is 14.1. The number of furan rings is 1. The van der Waals surface area contributed by atoms with Crippen molar-refractivity contribution in [2.24, 2.45) is 0 Å². The van der Waals surface area contributed by atoms with Crippen molar-refractivity contribution in [2.45, 2.75) is 24.2 Å². The number of benzene rings is 1. The van der Waals surface area contributed by atoms with Gasteiger partial charge >= 0.3 is 0 Å². The van der Waals surface area contributed by atoms with E-state index in [2.05, 4.69) is 10.2 Å². The van der Waals surface area contributed by atoms with Crippen molar-refractivity contribution >= 4 is 27.3 Å². The fourth-order valence-electron chi connectivity index (χ4n) is 3.71. The van der Waals surface area contributed by atoms with Crippen LogP contribution in [0.3, 0.4) is 0 Å². The molecule has 2 aliphatic heterocycles. The third-order valence-corrected chi connectivity index (χ3v) is 7.20. The molecule has 2 saturated heterocycles. The standard InChI is InChI=1S/C20H25N3O5S/c24-20(16-6-11-28-15-16)21-18-14-17(29(25,26)23-9-12-27-13-10-23)4-5-19(18)22-7-2-1-3-8-22/h4-6,11,14-15H,1-3,7-10,12-13H2,(H,21,24). The smallest absolute Gasteiger partial charge is 0.258 e. The maximum Gasteiger partial charge on any atom is 0.258 e. The molecule has 0 bridgehead atoms. The van der Waals surface area contributed by atoms with E-state index < -0.39 is 10.0 Å². The average Bonchev–Trinajstić information content (AvgIpc) is 3.30. The van der Waals surface area contributed by atoms with Crippen LogP contribution in [0.4, 0.5) is 11.4 Å². The molecule has 29 heavy (non-hydrogen) atoms. The number of nitrogens with zero attached hydrogens (tertiary/aromatic N) is 2. The molecular formula is C20H25N3O5S.